The van der Waals surface area contributed by atoms with Crippen LogP contribution in [0.1, 0.15) is 0 Å². The van der Waals surface area contributed by atoms with Crippen LogP contribution in [0.3, 0.4) is 0 Å². The number of hydrogen-bond donors (Lipinski definition) is 1. The van der Waals surface area contributed by atoms with Crippen molar-refractivity contribution in [3.05, 3.63) is 15.9 Å². The van der Waals surface area contributed by atoms with E-state index in [0.29, 0.717) is 3.79 Å². The molecule has 1 fully saturated rings. The standard InChI is InChI=1S/C9H11BrN2O4S2/c10-7-1-2-8(17-7)18(14,15)12-3-4-16-5-6(12)9(11)13/h1-2,6H,3-5H2,(H2,11,13). The molecule has 0 aromatic carbocycles. The molecule has 1 atom stereocenters. The summed E-state index contributed by atoms with van der Waals surface area (Å²) in [6.45, 7) is 0.391. The third kappa shape index (κ3) is 2.59. The molecule has 2 N–H and O–H groups in total. The monoisotopic (exact) mass is 354 g/mol. The highest BCUT2D eigenvalue weighted by Crippen LogP contribution is 2.29. The minimum absolute atomic E-state index is 0.00110. The quantitative estimate of drug-likeness (QED) is 0.849. The predicted octanol–water partition coefficient (Wildman–Crippen LogP) is 0.385. The molecular weight excluding hydrogens is 344 g/mol. The van der Waals surface area contributed by atoms with Gasteiger partial charge in [0.2, 0.25) is 5.91 Å². The van der Waals surface area contributed by atoms with Crippen molar-refractivity contribution in [2.45, 2.75) is 10.3 Å². The van der Waals surface area contributed by atoms with Gasteiger partial charge < -0.3 is 10.5 Å². The second-order valence-corrected chi connectivity index (χ2v) is 8.25. The molecule has 1 aliphatic heterocycles. The van der Waals surface area contributed by atoms with Gasteiger partial charge in [-0.15, -0.1) is 11.3 Å². The molecule has 18 heavy (non-hydrogen) atoms. The Hall–Kier alpha value is -0.480. The highest BCUT2D eigenvalue weighted by atomic mass is 79.9. The smallest absolute Gasteiger partial charge is 0.253 e. The summed E-state index contributed by atoms with van der Waals surface area (Å²) in [6, 6.07) is 2.21. The summed E-state index contributed by atoms with van der Waals surface area (Å²) in [5.41, 5.74) is 5.21. The lowest BCUT2D eigenvalue weighted by atomic mass is 10.3. The van der Waals surface area contributed by atoms with Gasteiger partial charge in [0.05, 0.1) is 17.0 Å². The van der Waals surface area contributed by atoms with Crippen molar-refractivity contribution < 1.29 is 17.9 Å². The molecule has 1 unspecified atom stereocenters. The molecule has 100 valence electrons. The van der Waals surface area contributed by atoms with Crippen molar-refractivity contribution in [3.8, 4) is 0 Å². The van der Waals surface area contributed by atoms with E-state index in [9.17, 15) is 13.2 Å². The third-order valence-electron chi connectivity index (χ3n) is 2.52. The van der Waals surface area contributed by atoms with Crippen LogP contribution in [-0.2, 0) is 19.6 Å². The SMILES string of the molecule is NC(=O)C1COCCN1S(=O)(=O)c1ccc(Br)s1. The first-order chi connectivity index (χ1) is 8.43. The summed E-state index contributed by atoms with van der Waals surface area (Å²) in [6.07, 6.45) is 0. The van der Waals surface area contributed by atoms with Gasteiger partial charge in [0, 0.05) is 6.54 Å². The van der Waals surface area contributed by atoms with Gasteiger partial charge in [-0.05, 0) is 28.1 Å². The summed E-state index contributed by atoms with van der Waals surface area (Å²) in [4.78, 5) is 11.3. The number of hydrogen-bond acceptors (Lipinski definition) is 5. The minimum Gasteiger partial charge on any atom is -0.378 e. The number of primary amides is 1. The molecule has 1 aromatic heterocycles. The average molecular weight is 355 g/mol. The van der Waals surface area contributed by atoms with E-state index in [1.165, 1.54) is 6.07 Å². The number of sulfonamides is 1. The van der Waals surface area contributed by atoms with Gasteiger partial charge in [-0.3, -0.25) is 4.79 Å². The fraction of sp³-hybridized carbons (Fsp3) is 0.444. The molecule has 9 heteroatoms. The Kier molecular flexibility index (Phi) is 4.07. The predicted molar refractivity (Wildman–Crippen MR) is 69.7 cm³/mol. The Morgan fingerprint density at radius 3 is 2.83 bits per heavy atom. The van der Waals surface area contributed by atoms with E-state index >= 15 is 0 Å². The minimum atomic E-state index is -3.69. The lowest BCUT2D eigenvalue weighted by Crippen LogP contribution is -2.54. The Morgan fingerprint density at radius 2 is 2.28 bits per heavy atom. The second-order valence-electron chi connectivity index (χ2n) is 3.67. The number of nitrogens with zero attached hydrogens (tertiary/aromatic N) is 1. The van der Waals surface area contributed by atoms with Gasteiger partial charge in [-0.1, -0.05) is 0 Å². The summed E-state index contributed by atoms with van der Waals surface area (Å²) in [7, 11) is -3.69. The van der Waals surface area contributed by atoms with Crippen molar-refractivity contribution in [2.75, 3.05) is 19.8 Å². The zero-order valence-corrected chi connectivity index (χ0v) is 12.4. The molecule has 1 amide bonds. The van der Waals surface area contributed by atoms with E-state index in [1.807, 2.05) is 0 Å². The van der Waals surface area contributed by atoms with Gasteiger partial charge in [-0.25, -0.2) is 8.42 Å². The van der Waals surface area contributed by atoms with Crippen LogP contribution in [0, 0.1) is 0 Å². The zero-order chi connectivity index (χ0) is 13.3. The van der Waals surface area contributed by atoms with Crippen molar-refractivity contribution in [1.82, 2.24) is 4.31 Å². The van der Waals surface area contributed by atoms with Gasteiger partial charge >= 0.3 is 0 Å². The lowest BCUT2D eigenvalue weighted by Gasteiger charge is -2.31. The third-order valence-corrected chi connectivity index (χ3v) is 6.52. The largest absolute Gasteiger partial charge is 0.378 e. The topological polar surface area (TPSA) is 89.7 Å². The van der Waals surface area contributed by atoms with Gasteiger partial charge in [0.25, 0.3) is 10.0 Å². The maximum atomic E-state index is 12.4. The fourth-order valence-electron chi connectivity index (χ4n) is 1.65. The van der Waals surface area contributed by atoms with Crippen LogP contribution in [0.25, 0.3) is 0 Å². The molecule has 2 heterocycles. The number of ether oxygens (including phenoxy) is 1. The van der Waals surface area contributed by atoms with Crippen LogP contribution in [0.4, 0.5) is 0 Å². The van der Waals surface area contributed by atoms with Crippen LogP contribution in [-0.4, -0.2) is 44.4 Å². The average Bonchev–Trinajstić information content (AvgIpc) is 2.76. The van der Waals surface area contributed by atoms with Crippen molar-refractivity contribution in [3.63, 3.8) is 0 Å². The molecule has 0 bridgehead atoms. The van der Waals surface area contributed by atoms with Gasteiger partial charge in [0.1, 0.15) is 10.3 Å². The highest BCUT2D eigenvalue weighted by Gasteiger charge is 2.37. The zero-order valence-electron chi connectivity index (χ0n) is 9.21. The van der Waals surface area contributed by atoms with E-state index in [2.05, 4.69) is 15.9 Å². The number of carbonyl (C=O) groups is 1. The summed E-state index contributed by atoms with van der Waals surface area (Å²) >= 11 is 4.31. The maximum Gasteiger partial charge on any atom is 0.253 e. The number of nitrogens with two attached hydrogens (primary N) is 1. The van der Waals surface area contributed by atoms with E-state index in [1.54, 1.807) is 6.07 Å². The normalized spacial score (nSPS) is 21.9. The molecule has 1 saturated heterocycles. The van der Waals surface area contributed by atoms with E-state index < -0.39 is 22.0 Å². The van der Waals surface area contributed by atoms with Crippen molar-refractivity contribution in [2.24, 2.45) is 5.73 Å². The molecule has 6 nitrogen and oxygen atoms in total. The Balaban J connectivity index is 2.36. The maximum absolute atomic E-state index is 12.4. The molecule has 0 saturated carbocycles. The second kappa shape index (κ2) is 5.25. The first-order valence-corrected chi connectivity index (χ1v) is 8.12. The number of thiophene rings is 1. The first kappa shape index (κ1) is 13.9. The van der Waals surface area contributed by atoms with Gasteiger partial charge in [0.15, 0.2) is 0 Å². The molecule has 0 aliphatic carbocycles. The highest BCUT2D eigenvalue weighted by molar-refractivity contribution is 9.11. The van der Waals surface area contributed by atoms with Crippen LogP contribution < -0.4 is 5.73 Å². The molecule has 0 spiro atoms. The van der Waals surface area contributed by atoms with E-state index in [0.717, 1.165) is 15.6 Å². The van der Waals surface area contributed by atoms with E-state index in [4.69, 9.17) is 10.5 Å². The molecular formula is C9H11BrN2O4S2. The number of carbonyl (C=O) groups excluding carboxylic acids is 1. The Bertz CT molecular complexity index is 557. The van der Waals surface area contributed by atoms with Crippen molar-refractivity contribution >= 4 is 43.2 Å². The summed E-state index contributed by atoms with van der Waals surface area (Å²) < 4.78 is 31.8. The number of morpholine rings is 1. The summed E-state index contributed by atoms with van der Waals surface area (Å²) in [5.74, 6) is -0.700. The lowest BCUT2D eigenvalue weighted by molar-refractivity contribution is -0.125. The molecule has 0 radical (unpaired) electrons. The molecule has 1 aliphatic rings. The fourth-order valence-corrected chi connectivity index (χ4v) is 5.36. The first-order valence-electron chi connectivity index (χ1n) is 5.07. The van der Waals surface area contributed by atoms with Crippen LogP contribution in [0.15, 0.2) is 20.1 Å². The number of amides is 1. The Labute approximate surface area is 117 Å². The van der Waals surface area contributed by atoms with E-state index in [-0.39, 0.29) is 24.0 Å². The number of halogens is 1. The Morgan fingerprint density at radius 1 is 1.56 bits per heavy atom. The number of rotatable bonds is 3. The van der Waals surface area contributed by atoms with Gasteiger partial charge in [-0.2, -0.15) is 4.31 Å². The van der Waals surface area contributed by atoms with Crippen LogP contribution in [0.2, 0.25) is 0 Å². The molecule has 2 rings (SSSR count). The van der Waals surface area contributed by atoms with Crippen LogP contribution in [0.5, 0.6) is 0 Å². The summed E-state index contributed by atoms with van der Waals surface area (Å²) in [5, 5.41) is 0. The van der Waals surface area contributed by atoms with Crippen molar-refractivity contribution in [1.29, 1.82) is 0 Å². The molecule has 1 aromatic rings. The van der Waals surface area contributed by atoms with Crippen LogP contribution >= 0.6 is 27.3 Å².